The van der Waals surface area contributed by atoms with Crippen LogP contribution >= 0.6 is 11.8 Å². The van der Waals surface area contributed by atoms with Gasteiger partial charge in [-0.05, 0) is 55.8 Å². The summed E-state index contributed by atoms with van der Waals surface area (Å²) in [5.74, 6) is -0.398. The number of aryl methyl sites for hydroxylation is 3. The molecule has 3 amide bonds. The molecule has 1 fully saturated rings. The summed E-state index contributed by atoms with van der Waals surface area (Å²) in [5, 5.41) is 13.2. The zero-order valence-corrected chi connectivity index (χ0v) is 20.0. The lowest BCUT2D eigenvalue weighted by atomic mass is 10.1. The van der Waals surface area contributed by atoms with Gasteiger partial charge in [-0.2, -0.15) is 0 Å². The van der Waals surface area contributed by atoms with Crippen LogP contribution in [0.1, 0.15) is 22.5 Å². The molecule has 0 aliphatic carbocycles. The summed E-state index contributed by atoms with van der Waals surface area (Å²) >= 11 is 0.714. The molecule has 3 aromatic rings. The summed E-state index contributed by atoms with van der Waals surface area (Å²) < 4.78 is 5.71. The number of carbonyl (C=O) groups excluding carboxylic acids is 3. The molecule has 35 heavy (non-hydrogen) atoms. The first kappa shape index (κ1) is 24.0. The maximum atomic E-state index is 12.8. The molecule has 1 N–H and O–H groups in total. The van der Waals surface area contributed by atoms with Crippen molar-refractivity contribution in [3.05, 3.63) is 86.0 Å². The van der Waals surface area contributed by atoms with Gasteiger partial charge in [0, 0.05) is 29.5 Å². The smallest absolute Gasteiger partial charge is 0.294 e. The minimum Gasteiger partial charge on any atom is -0.457 e. The number of imide groups is 1. The second-order valence-corrected chi connectivity index (χ2v) is 9.09. The highest BCUT2D eigenvalue weighted by Gasteiger charge is 2.36. The third-order valence-corrected chi connectivity index (χ3v) is 6.27. The van der Waals surface area contributed by atoms with Gasteiger partial charge in [0.15, 0.2) is 0 Å². The molecule has 0 spiro atoms. The number of furan rings is 1. The molecule has 0 atom stereocenters. The number of nitro groups is 1. The Bertz CT molecular complexity index is 1380. The number of nitrogens with zero attached hydrogens (tertiary/aromatic N) is 2. The van der Waals surface area contributed by atoms with Gasteiger partial charge >= 0.3 is 0 Å². The molecule has 10 heteroatoms. The number of nitrogens with one attached hydrogen (secondary N) is 1. The van der Waals surface area contributed by atoms with E-state index in [4.69, 9.17) is 4.42 Å². The van der Waals surface area contributed by atoms with Crippen LogP contribution in [-0.4, -0.2) is 33.4 Å². The van der Waals surface area contributed by atoms with Crippen LogP contribution in [0.25, 0.3) is 17.4 Å². The maximum absolute atomic E-state index is 12.8. The molecule has 0 radical (unpaired) electrons. The number of amides is 3. The van der Waals surface area contributed by atoms with E-state index in [1.54, 1.807) is 24.3 Å². The van der Waals surface area contributed by atoms with Crippen LogP contribution in [-0.2, 0) is 9.59 Å². The number of thioether (sulfide) groups is 1. The van der Waals surface area contributed by atoms with Crippen molar-refractivity contribution < 1.29 is 23.7 Å². The number of anilines is 1. The SMILES string of the molecule is Cc1cc(C)c(NC(=O)CN2C(=O)S/C(=C/c3ccc(-c4cccc([N+](=O)[O-])c4)o3)C2=O)c(C)c1. The van der Waals surface area contributed by atoms with E-state index in [-0.39, 0.29) is 10.6 Å². The van der Waals surface area contributed by atoms with Crippen molar-refractivity contribution in [2.24, 2.45) is 0 Å². The van der Waals surface area contributed by atoms with Gasteiger partial charge in [0.2, 0.25) is 5.91 Å². The van der Waals surface area contributed by atoms with E-state index in [1.807, 2.05) is 32.9 Å². The summed E-state index contributed by atoms with van der Waals surface area (Å²) in [7, 11) is 0. The van der Waals surface area contributed by atoms with E-state index in [9.17, 15) is 24.5 Å². The quantitative estimate of drug-likeness (QED) is 0.276. The molecule has 1 aliphatic heterocycles. The number of carbonyl (C=O) groups is 3. The van der Waals surface area contributed by atoms with Gasteiger partial charge < -0.3 is 9.73 Å². The third kappa shape index (κ3) is 5.17. The Hall–Kier alpha value is -4.18. The highest BCUT2D eigenvalue weighted by Crippen LogP contribution is 2.34. The van der Waals surface area contributed by atoms with E-state index in [1.165, 1.54) is 18.2 Å². The number of hydrogen-bond acceptors (Lipinski definition) is 7. The van der Waals surface area contributed by atoms with Crippen molar-refractivity contribution in [1.82, 2.24) is 4.90 Å². The predicted molar refractivity (Wildman–Crippen MR) is 133 cm³/mol. The van der Waals surface area contributed by atoms with Gasteiger partial charge in [0.1, 0.15) is 18.1 Å². The van der Waals surface area contributed by atoms with Gasteiger partial charge in [-0.3, -0.25) is 29.4 Å². The van der Waals surface area contributed by atoms with Crippen LogP contribution in [0.15, 0.2) is 57.9 Å². The molecule has 1 aromatic heterocycles. The summed E-state index contributed by atoms with van der Waals surface area (Å²) in [6.07, 6.45) is 1.41. The third-order valence-electron chi connectivity index (χ3n) is 5.36. The fraction of sp³-hybridized carbons (Fsp3) is 0.160. The molecule has 1 aliphatic rings. The van der Waals surface area contributed by atoms with E-state index in [0.717, 1.165) is 21.6 Å². The van der Waals surface area contributed by atoms with E-state index in [0.29, 0.717) is 34.5 Å². The van der Waals surface area contributed by atoms with Crippen LogP contribution in [0.3, 0.4) is 0 Å². The largest absolute Gasteiger partial charge is 0.457 e. The molecular weight excluding hydrogens is 470 g/mol. The molecule has 4 rings (SSSR count). The minimum absolute atomic E-state index is 0.0733. The van der Waals surface area contributed by atoms with Crippen molar-refractivity contribution in [2.45, 2.75) is 20.8 Å². The molecule has 9 nitrogen and oxygen atoms in total. The van der Waals surface area contributed by atoms with E-state index in [2.05, 4.69) is 5.32 Å². The second-order valence-electron chi connectivity index (χ2n) is 8.10. The number of rotatable bonds is 6. The monoisotopic (exact) mass is 491 g/mol. The first-order valence-corrected chi connectivity index (χ1v) is 11.4. The summed E-state index contributed by atoms with van der Waals surface area (Å²) in [4.78, 5) is 49.3. The first-order chi connectivity index (χ1) is 16.6. The van der Waals surface area contributed by atoms with Gasteiger partial charge in [-0.15, -0.1) is 0 Å². The molecular formula is C25H21N3O6S. The fourth-order valence-electron chi connectivity index (χ4n) is 3.82. The van der Waals surface area contributed by atoms with Gasteiger partial charge in [0.25, 0.3) is 16.8 Å². The van der Waals surface area contributed by atoms with Crippen molar-refractivity contribution in [3.63, 3.8) is 0 Å². The lowest BCUT2D eigenvalue weighted by molar-refractivity contribution is -0.384. The van der Waals surface area contributed by atoms with Crippen molar-refractivity contribution in [3.8, 4) is 11.3 Å². The molecule has 2 aromatic carbocycles. The molecule has 178 valence electrons. The Kier molecular flexibility index (Phi) is 6.57. The fourth-order valence-corrected chi connectivity index (χ4v) is 4.64. The van der Waals surface area contributed by atoms with Crippen LogP contribution in [0.2, 0.25) is 0 Å². The van der Waals surface area contributed by atoms with Gasteiger partial charge in [0.05, 0.1) is 9.83 Å². The van der Waals surface area contributed by atoms with Crippen LogP contribution in [0.5, 0.6) is 0 Å². The van der Waals surface area contributed by atoms with E-state index < -0.39 is 28.5 Å². The van der Waals surface area contributed by atoms with Crippen LogP contribution in [0, 0.1) is 30.9 Å². The van der Waals surface area contributed by atoms with Crippen molar-refractivity contribution in [1.29, 1.82) is 0 Å². The normalized spacial score (nSPS) is 14.6. The minimum atomic E-state index is -0.596. The Morgan fingerprint density at radius 2 is 1.83 bits per heavy atom. The molecule has 2 heterocycles. The Balaban J connectivity index is 1.47. The summed E-state index contributed by atoms with van der Waals surface area (Å²) in [5.41, 5.74) is 3.94. The number of hydrogen-bond donors (Lipinski definition) is 1. The summed E-state index contributed by atoms with van der Waals surface area (Å²) in [6.45, 7) is 5.31. The van der Waals surface area contributed by atoms with Gasteiger partial charge in [-0.1, -0.05) is 29.8 Å². The zero-order chi connectivity index (χ0) is 25.3. The number of non-ortho nitro benzene ring substituents is 1. The average Bonchev–Trinajstić information content (AvgIpc) is 3.37. The van der Waals surface area contributed by atoms with Crippen molar-refractivity contribution >= 4 is 46.3 Å². The average molecular weight is 492 g/mol. The second kappa shape index (κ2) is 9.59. The summed E-state index contributed by atoms with van der Waals surface area (Å²) in [6, 6.07) is 13.1. The standard InChI is InChI=1S/C25H21N3O6S/c1-14-9-15(2)23(16(3)10-14)26-22(29)13-27-24(30)21(35-25(27)31)12-19-7-8-20(34-19)17-5-4-6-18(11-17)28(32)33/h4-12H,13H2,1-3H3,(H,26,29)/b21-12+. The van der Waals surface area contributed by atoms with Crippen molar-refractivity contribution in [2.75, 3.05) is 11.9 Å². The predicted octanol–water partition coefficient (Wildman–Crippen LogP) is 5.46. The van der Waals surface area contributed by atoms with Gasteiger partial charge in [-0.25, -0.2) is 0 Å². The van der Waals surface area contributed by atoms with Crippen LogP contribution < -0.4 is 5.32 Å². The Morgan fingerprint density at radius 3 is 2.51 bits per heavy atom. The maximum Gasteiger partial charge on any atom is 0.294 e. The highest BCUT2D eigenvalue weighted by atomic mass is 32.2. The zero-order valence-electron chi connectivity index (χ0n) is 19.2. The Morgan fingerprint density at radius 1 is 1.11 bits per heavy atom. The van der Waals surface area contributed by atoms with E-state index >= 15 is 0 Å². The molecule has 0 saturated carbocycles. The molecule has 1 saturated heterocycles. The lowest BCUT2D eigenvalue weighted by Crippen LogP contribution is -2.36. The highest BCUT2D eigenvalue weighted by molar-refractivity contribution is 8.18. The number of nitro benzene ring substituents is 1. The lowest BCUT2D eigenvalue weighted by Gasteiger charge is -2.15. The Labute approximate surface area is 204 Å². The topological polar surface area (TPSA) is 123 Å². The molecule has 0 unspecified atom stereocenters. The van der Waals surface area contributed by atoms with Crippen LogP contribution in [0.4, 0.5) is 16.2 Å². The first-order valence-electron chi connectivity index (χ1n) is 10.6. The molecule has 0 bridgehead atoms. The number of benzene rings is 2.